The Hall–Kier alpha value is -2.64. The topological polar surface area (TPSA) is 99.4 Å². The molecule has 8 nitrogen and oxygen atoms in total. The molecule has 0 bridgehead atoms. The lowest BCUT2D eigenvalue weighted by Crippen LogP contribution is -2.40. The van der Waals surface area contributed by atoms with E-state index in [0.717, 1.165) is 0 Å². The van der Waals surface area contributed by atoms with Crippen molar-refractivity contribution in [1.82, 2.24) is 4.57 Å². The van der Waals surface area contributed by atoms with E-state index in [-0.39, 0.29) is 17.9 Å². The molecule has 0 spiro atoms. The van der Waals surface area contributed by atoms with Crippen LogP contribution < -0.4 is 24.4 Å². The lowest BCUT2D eigenvalue weighted by Gasteiger charge is -2.25. The van der Waals surface area contributed by atoms with Gasteiger partial charge in [-0.3, -0.25) is 9.36 Å². The molecule has 1 aromatic heterocycles. The summed E-state index contributed by atoms with van der Waals surface area (Å²) in [5, 5.41) is 10.3. The summed E-state index contributed by atoms with van der Waals surface area (Å²) in [4.78, 5) is 31.9. The van der Waals surface area contributed by atoms with E-state index in [4.69, 9.17) is 14.2 Å². The summed E-state index contributed by atoms with van der Waals surface area (Å²) in [5.74, 6) is 0.502. The molecule has 1 aliphatic rings. The third-order valence-electron chi connectivity index (χ3n) is 5.66. The van der Waals surface area contributed by atoms with Crippen LogP contribution in [0.3, 0.4) is 0 Å². The van der Waals surface area contributed by atoms with Crippen LogP contribution in [0.2, 0.25) is 0 Å². The van der Waals surface area contributed by atoms with Gasteiger partial charge in [-0.2, -0.15) is 0 Å². The van der Waals surface area contributed by atoms with Gasteiger partial charge in [0.2, 0.25) is 0 Å². The largest absolute Gasteiger partial charge is 0.504 e. The Bertz CT molecular complexity index is 1590. The maximum absolute atomic E-state index is 13.8. The molecule has 0 saturated carbocycles. The zero-order valence-corrected chi connectivity index (χ0v) is 25.1. The summed E-state index contributed by atoms with van der Waals surface area (Å²) < 4.78 is 19.5. The summed E-state index contributed by atoms with van der Waals surface area (Å²) in [5.41, 5.74) is 1.89. The van der Waals surface area contributed by atoms with E-state index in [2.05, 4.69) is 20.9 Å². The predicted molar refractivity (Wildman–Crippen MR) is 153 cm³/mol. The smallest absolute Gasteiger partial charge is 0.338 e. The molecule has 2 heterocycles. The van der Waals surface area contributed by atoms with Gasteiger partial charge in [0.25, 0.3) is 5.56 Å². The summed E-state index contributed by atoms with van der Waals surface area (Å²) in [6.45, 7) is 5.89. The van der Waals surface area contributed by atoms with Crippen molar-refractivity contribution in [3.05, 3.63) is 80.5 Å². The number of methoxy groups -OCH3 is 1. The van der Waals surface area contributed by atoms with Crippen molar-refractivity contribution >= 4 is 61.9 Å². The summed E-state index contributed by atoms with van der Waals surface area (Å²) in [6.07, 6.45) is 1.73. The maximum Gasteiger partial charge on any atom is 0.338 e. The van der Waals surface area contributed by atoms with Gasteiger partial charge < -0.3 is 19.3 Å². The van der Waals surface area contributed by atoms with Crippen LogP contribution in [0.1, 0.15) is 37.9 Å². The summed E-state index contributed by atoms with van der Waals surface area (Å²) in [7, 11) is 1.57. The molecule has 0 aliphatic carbocycles. The number of hydrogen-bond donors (Lipinski definition) is 1. The minimum Gasteiger partial charge on any atom is -0.504 e. The quantitative estimate of drug-likeness (QED) is 0.292. The number of phenols is 1. The van der Waals surface area contributed by atoms with Gasteiger partial charge in [-0.15, -0.1) is 0 Å². The van der Waals surface area contributed by atoms with Crippen LogP contribution in [0.5, 0.6) is 17.2 Å². The van der Waals surface area contributed by atoms with Gasteiger partial charge in [0, 0.05) is 0 Å². The van der Waals surface area contributed by atoms with Crippen molar-refractivity contribution in [2.45, 2.75) is 26.8 Å². The molecule has 0 saturated heterocycles. The second-order valence-corrected chi connectivity index (χ2v) is 11.0. The van der Waals surface area contributed by atoms with Crippen LogP contribution in [0.15, 0.2) is 55.9 Å². The molecule has 4 rings (SSSR count). The highest BCUT2D eigenvalue weighted by molar-refractivity contribution is 14.1. The number of esters is 1. The Morgan fingerprint density at radius 1 is 1.24 bits per heavy atom. The molecule has 37 heavy (non-hydrogen) atoms. The second-order valence-electron chi connectivity index (χ2n) is 7.98. The number of nitrogens with zero attached hydrogens (tertiary/aromatic N) is 2. The fourth-order valence-corrected chi connectivity index (χ4v) is 6.28. The van der Waals surface area contributed by atoms with Gasteiger partial charge in [0.05, 0.1) is 50.2 Å². The summed E-state index contributed by atoms with van der Waals surface area (Å²) >= 11 is 6.76. The number of rotatable bonds is 7. The lowest BCUT2D eigenvalue weighted by atomic mass is 9.96. The number of allylic oxidation sites excluding steroid dienone is 1. The van der Waals surface area contributed by atoms with Crippen molar-refractivity contribution in [3.63, 3.8) is 0 Å². The number of carbonyl (C=O) groups is 1. The van der Waals surface area contributed by atoms with Gasteiger partial charge in [-0.1, -0.05) is 17.4 Å². The first-order chi connectivity index (χ1) is 17.7. The molecule has 11 heteroatoms. The van der Waals surface area contributed by atoms with Crippen LogP contribution in [0.4, 0.5) is 0 Å². The SMILES string of the molecule is CCOC(=O)C1=C(C)N=c2s/c(=C/c3cc(I)c(O)c(OCC)c3)c(=O)n2[C@@H]1c1ccc(OC)c(Br)c1. The number of aromatic nitrogens is 1. The number of hydrogen-bond acceptors (Lipinski definition) is 8. The maximum atomic E-state index is 13.8. The van der Waals surface area contributed by atoms with Crippen LogP contribution in [0.25, 0.3) is 6.08 Å². The van der Waals surface area contributed by atoms with Gasteiger partial charge in [-0.05, 0) is 101 Å². The first-order valence-electron chi connectivity index (χ1n) is 11.4. The molecule has 3 aromatic rings. The average molecular weight is 699 g/mol. The highest BCUT2D eigenvalue weighted by Crippen LogP contribution is 2.35. The number of aromatic hydroxyl groups is 1. The molecule has 0 fully saturated rings. The van der Waals surface area contributed by atoms with Crippen molar-refractivity contribution in [2.75, 3.05) is 20.3 Å². The fourth-order valence-electron chi connectivity index (χ4n) is 4.05. The van der Waals surface area contributed by atoms with Crippen molar-refractivity contribution in [2.24, 2.45) is 4.99 Å². The van der Waals surface area contributed by atoms with Gasteiger partial charge in [-0.25, -0.2) is 9.79 Å². The Morgan fingerprint density at radius 2 is 2.00 bits per heavy atom. The van der Waals surface area contributed by atoms with Crippen molar-refractivity contribution in [1.29, 1.82) is 0 Å². The number of fused-ring (bicyclic) bond motifs is 1. The van der Waals surface area contributed by atoms with E-state index in [1.165, 1.54) is 15.9 Å². The molecule has 2 aromatic carbocycles. The lowest BCUT2D eigenvalue weighted by molar-refractivity contribution is -0.139. The molecule has 0 unspecified atom stereocenters. The second kappa shape index (κ2) is 11.4. The van der Waals surface area contributed by atoms with Gasteiger partial charge in [0.1, 0.15) is 5.75 Å². The van der Waals surface area contributed by atoms with E-state index < -0.39 is 12.0 Å². The molecular weight excluding hydrogens is 675 g/mol. The Kier molecular flexibility index (Phi) is 8.44. The number of benzene rings is 2. The van der Waals surface area contributed by atoms with Crippen LogP contribution >= 0.6 is 49.9 Å². The van der Waals surface area contributed by atoms with Crippen molar-refractivity contribution in [3.8, 4) is 17.2 Å². The summed E-state index contributed by atoms with van der Waals surface area (Å²) in [6, 6.07) is 8.14. The van der Waals surface area contributed by atoms with Crippen molar-refractivity contribution < 1.29 is 24.1 Å². The molecule has 1 N–H and O–H groups in total. The number of ether oxygens (including phenoxy) is 3. The highest BCUT2D eigenvalue weighted by Gasteiger charge is 2.33. The standard InChI is InChI=1S/C26H24BrIN2O6S/c1-5-35-19-10-14(9-17(28)23(19)31)11-20-24(32)30-22(15-7-8-18(34-4)16(27)12-15)21(25(33)36-6-2)13(3)29-26(30)37-20/h7-12,22,31H,5-6H2,1-4H3/b20-11+/t22-/m1/s1. The first kappa shape index (κ1) is 27.4. The Labute approximate surface area is 239 Å². The van der Waals surface area contributed by atoms with E-state index in [0.29, 0.717) is 57.9 Å². The molecule has 1 aliphatic heterocycles. The van der Waals surface area contributed by atoms with E-state index in [1.807, 2.05) is 41.6 Å². The minimum absolute atomic E-state index is 0.0563. The third-order valence-corrected chi connectivity index (χ3v) is 8.08. The minimum atomic E-state index is -0.737. The number of thiazole rings is 1. The monoisotopic (exact) mass is 698 g/mol. The normalized spacial score (nSPS) is 15.3. The van der Waals surface area contributed by atoms with E-state index in [1.54, 1.807) is 45.2 Å². The molecule has 194 valence electrons. The van der Waals surface area contributed by atoms with Gasteiger partial charge in [0.15, 0.2) is 16.3 Å². The van der Waals surface area contributed by atoms with Crippen LogP contribution in [-0.4, -0.2) is 36.0 Å². The molecular formula is C26H24BrIN2O6S. The fraction of sp³-hybridized carbons (Fsp3) is 0.269. The Balaban J connectivity index is 1.95. The zero-order chi connectivity index (χ0) is 26.9. The molecule has 0 radical (unpaired) electrons. The number of phenolic OH excluding ortho intramolecular Hbond substituents is 1. The van der Waals surface area contributed by atoms with Crippen LogP contribution in [-0.2, 0) is 9.53 Å². The third kappa shape index (κ3) is 5.34. The Morgan fingerprint density at radius 3 is 2.65 bits per heavy atom. The molecule has 1 atom stereocenters. The average Bonchev–Trinajstić information content (AvgIpc) is 3.15. The van der Waals surface area contributed by atoms with Gasteiger partial charge >= 0.3 is 5.97 Å². The molecule has 0 amide bonds. The van der Waals surface area contributed by atoms with E-state index >= 15 is 0 Å². The highest BCUT2D eigenvalue weighted by atomic mass is 127. The zero-order valence-electron chi connectivity index (χ0n) is 20.5. The predicted octanol–water partition coefficient (Wildman–Crippen LogP) is 4.28. The van der Waals surface area contributed by atoms with E-state index in [9.17, 15) is 14.7 Å². The number of halogens is 2. The number of carbonyl (C=O) groups excluding carboxylic acids is 1. The first-order valence-corrected chi connectivity index (χ1v) is 14.1. The van der Waals surface area contributed by atoms with Crippen LogP contribution in [0, 0.1) is 3.57 Å².